The smallest absolute Gasteiger partial charge is 0.160 e. The van der Waals surface area contributed by atoms with E-state index >= 15 is 0 Å². The second-order valence-corrected chi connectivity index (χ2v) is 6.51. The summed E-state index contributed by atoms with van der Waals surface area (Å²) in [6, 6.07) is 7.94. The lowest BCUT2D eigenvalue weighted by molar-refractivity contribution is 0.719. The summed E-state index contributed by atoms with van der Waals surface area (Å²) in [5.74, 6) is 0.806. The first kappa shape index (κ1) is 14.5. The van der Waals surface area contributed by atoms with Crippen molar-refractivity contribution in [2.45, 2.75) is 25.8 Å². The number of hydrogen-bond acceptors (Lipinski definition) is 3. The van der Waals surface area contributed by atoms with Gasteiger partial charge in [-0.2, -0.15) is 0 Å². The van der Waals surface area contributed by atoms with Gasteiger partial charge in [0.15, 0.2) is 5.65 Å². The molecule has 0 aromatic carbocycles. The second-order valence-electron chi connectivity index (χ2n) is 4.94. The standard InChI is InChI=1S/C15H14BrClN4/c1-9-4-3-5-12(19-9)8-21-14(10(2)17)20-13-6-11(16)7-18-15(13)21/h3-7,10H,8H2,1-2H3. The molecule has 21 heavy (non-hydrogen) atoms. The Kier molecular flexibility index (Phi) is 3.95. The van der Waals surface area contributed by atoms with Crippen LogP contribution in [0.3, 0.4) is 0 Å². The Labute approximate surface area is 136 Å². The highest BCUT2D eigenvalue weighted by Gasteiger charge is 2.16. The highest BCUT2D eigenvalue weighted by molar-refractivity contribution is 9.10. The molecule has 3 aromatic heterocycles. The van der Waals surface area contributed by atoms with Crippen molar-refractivity contribution < 1.29 is 0 Å². The fourth-order valence-electron chi connectivity index (χ4n) is 2.31. The molecule has 0 spiro atoms. The molecule has 3 heterocycles. The van der Waals surface area contributed by atoms with Crippen molar-refractivity contribution in [1.29, 1.82) is 0 Å². The van der Waals surface area contributed by atoms with Gasteiger partial charge in [-0.3, -0.25) is 4.98 Å². The number of alkyl halides is 1. The molecule has 0 fully saturated rings. The van der Waals surface area contributed by atoms with Crippen LogP contribution in [0.25, 0.3) is 11.2 Å². The molecule has 0 amide bonds. The van der Waals surface area contributed by atoms with Gasteiger partial charge in [-0.15, -0.1) is 11.6 Å². The van der Waals surface area contributed by atoms with Gasteiger partial charge < -0.3 is 4.57 Å². The van der Waals surface area contributed by atoms with Gasteiger partial charge in [0.05, 0.1) is 17.6 Å². The van der Waals surface area contributed by atoms with E-state index in [9.17, 15) is 0 Å². The summed E-state index contributed by atoms with van der Waals surface area (Å²) in [7, 11) is 0. The second kappa shape index (κ2) is 5.73. The van der Waals surface area contributed by atoms with Gasteiger partial charge in [-0.05, 0) is 48.0 Å². The molecule has 0 N–H and O–H groups in total. The molecule has 3 aromatic rings. The van der Waals surface area contributed by atoms with Gasteiger partial charge in [0.2, 0.25) is 0 Å². The minimum atomic E-state index is -0.192. The predicted molar refractivity (Wildman–Crippen MR) is 87.6 cm³/mol. The van der Waals surface area contributed by atoms with Crippen LogP contribution in [0.5, 0.6) is 0 Å². The summed E-state index contributed by atoms with van der Waals surface area (Å²) in [6.45, 7) is 4.51. The van der Waals surface area contributed by atoms with E-state index in [-0.39, 0.29) is 5.38 Å². The van der Waals surface area contributed by atoms with Crippen LogP contribution in [0.1, 0.15) is 29.5 Å². The molecule has 3 rings (SSSR count). The zero-order valence-electron chi connectivity index (χ0n) is 11.7. The van der Waals surface area contributed by atoms with E-state index in [2.05, 4.69) is 30.9 Å². The van der Waals surface area contributed by atoms with Crippen molar-refractivity contribution in [2.75, 3.05) is 0 Å². The molecule has 0 saturated carbocycles. The number of fused-ring (bicyclic) bond motifs is 1. The number of aryl methyl sites for hydroxylation is 1. The molecular formula is C15H14BrClN4. The van der Waals surface area contributed by atoms with Gasteiger partial charge in [0, 0.05) is 16.4 Å². The van der Waals surface area contributed by atoms with Crippen molar-refractivity contribution in [2.24, 2.45) is 0 Å². The molecule has 4 nitrogen and oxygen atoms in total. The summed E-state index contributed by atoms with van der Waals surface area (Å²) in [6.07, 6.45) is 1.77. The van der Waals surface area contributed by atoms with Crippen molar-refractivity contribution >= 4 is 38.7 Å². The maximum Gasteiger partial charge on any atom is 0.160 e. The molecule has 1 atom stereocenters. The third-order valence-electron chi connectivity index (χ3n) is 3.20. The Morgan fingerprint density at radius 3 is 2.86 bits per heavy atom. The van der Waals surface area contributed by atoms with Crippen LogP contribution >= 0.6 is 27.5 Å². The average Bonchev–Trinajstić information content (AvgIpc) is 2.77. The number of pyridine rings is 2. The number of rotatable bonds is 3. The number of halogens is 2. The molecule has 0 aliphatic rings. The Morgan fingerprint density at radius 2 is 2.14 bits per heavy atom. The number of nitrogens with zero attached hydrogens (tertiary/aromatic N) is 4. The van der Waals surface area contributed by atoms with Gasteiger partial charge in [0.25, 0.3) is 0 Å². The third-order valence-corrected chi connectivity index (χ3v) is 3.83. The van der Waals surface area contributed by atoms with Crippen molar-refractivity contribution in [3.05, 3.63) is 52.1 Å². The first-order valence-corrected chi connectivity index (χ1v) is 7.86. The van der Waals surface area contributed by atoms with E-state index in [1.807, 2.05) is 42.7 Å². The van der Waals surface area contributed by atoms with Gasteiger partial charge in [-0.25, -0.2) is 9.97 Å². The Bertz CT molecular complexity index is 797. The average molecular weight is 366 g/mol. The summed E-state index contributed by atoms with van der Waals surface area (Å²) in [4.78, 5) is 13.6. The van der Waals surface area contributed by atoms with Crippen LogP contribution in [0, 0.1) is 6.92 Å². The Hall–Kier alpha value is -1.46. The Morgan fingerprint density at radius 1 is 1.33 bits per heavy atom. The minimum Gasteiger partial charge on any atom is -0.305 e. The van der Waals surface area contributed by atoms with E-state index in [1.54, 1.807) is 6.20 Å². The van der Waals surface area contributed by atoms with E-state index in [0.29, 0.717) is 6.54 Å². The van der Waals surface area contributed by atoms with E-state index in [4.69, 9.17) is 11.6 Å². The number of hydrogen-bond donors (Lipinski definition) is 0. The van der Waals surface area contributed by atoms with Crippen LogP contribution in [-0.2, 0) is 6.54 Å². The SMILES string of the molecule is Cc1cccc(Cn2c(C(C)Cl)nc3cc(Br)cnc32)n1. The predicted octanol–water partition coefficient (Wildman–Crippen LogP) is 4.25. The molecule has 0 radical (unpaired) electrons. The first-order chi connectivity index (χ1) is 10.0. The lowest BCUT2D eigenvalue weighted by atomic mass is 10.3. The largest absolute Gasteiger partial charge is 0.305 e. The molecule has 108 valence electrons. The highest BCUT2D eigenvalue weighted by Crippen LogP contribution is 2.25. The molecule has 0 aliphatic heterocycles. The molecular weight excluding hydrogens is 352 g/mol. The summed E-state index contributed by atoms with van der Waals surface area (Å²) < 4.78 is 2.93. The van der Waals surface area contributed by atoms with Crippen molar-refractivity contribution in [3.8, 4) is 0 Å². The zero-order valence-corrected chi connectivity index (χ0v) is 14.1. The molecule has 0 bridgehead atoms. The summed E-state index contributed by atoms with van der Waals surface area (Å²) in [5, 5.41) is -0.192. The van der Waals surface area contributed by atoms with E-state index in [0.717, 1.165) is 32.8 Å². The summed E-state index contributed by atoms with van der Waals surface area (Å²) >= 11 is 9.70. The first-order valence-electron chi connectivity index (χ1n) is 6.63. The summed E-state index contributed by atoms with van der Waals surface area (Å²) in [5.41, 5.74) is 3.62. The van der Waals surface area contributed by atoms with E-state index < -0.39 is 0 Å². The maximum atomic E-state index is 6.27. The molecule has 1 unspecified atom stereocenters. The van der Waals surface area contributed by atoms with Crippen molar-refractivity contribution in [1.82, 2.24) is 19.5 Å². The van der Waals surface area contributed by atoms with Crippen LogP contribution < -0.4 is 0 Å². The molecule has 0 saturated heterocycles. The normalized spacial score (nSPS) is 12.8. The van der Waals surface area contributed by atoms with Crippen LogP contribution in [0.4, 0.5) is 0 Å². The quantitative estimate of drug-likeness (QED) is 0.652. The minimum absolute atomic E-state index is 0.192. The van der Waals surface area contributed by atoms with Crippen LogP contribution in [0.2, 0.25) is 0 Å². The lowest BCUT2D eigenvalue weighted by Gasteiger charge is -2.10. The van der Waals surface area contributed by atoms with Gasteiger partial charge >= 0.3 is 0 Å². The zero-order chi connectivity index (χ0) is 15.0. The maximum absolute atomic E-state index is 6.27. The monoisotopic (exact) mass is 364 g/mol. The fraction of sp³-hybridized carbons (Fsp3) is 0.267. The number of aromatic nitrogens is 4. The molecule has 0 aliphatic carbocycles. The Balaban J connectivity index is 2.13. The fourth-order valence-corrected chi connectivity index (χ4v) is 2.80. The highest BCUT2D eigenvalue weighted by atomic mass is 79.9. The van der Waals surface area contributed by atoms with Crippen molar-refractivity contribution in [3.63, 3.8) is 0 Å². The van der Waals surface area contributed by atoms with Gasteiger partial charge in [-0.1, -0.05) is 6.07 Å². The lowest BCUT2D eigenvalue weighted by Crippen LogP contribution is -2.08. The van der Waals surface area contributed by atoms with Crippen LogP contribution in [0.15, 0.2) is 34.9 Å². The van der Waals surface area contributed by atoms with Crippen LogP contribution in [-0.4, -0.2) is 19.5 Å². The number of imidazole rings is 1. The van der Waals surface area contributed by atoms with E-state index in [1.165, 1.54) is 0 Å². The third kappa shape index (κ3) is 2.94. The topological polar surface area (TPSA) is 43.6 Å². The van der Waals surface area contributed by atoms with Gasteiger partial charge in [0.1, 0.15) is 11.3 Å². The molecule has 6 heteroatoms.